The largest absolute Gasteiger partial charge is 0.497 e. The normalized spacial score (nSPS) is 21.7. The molecule has 1 fully saturated rings. The molecular formula is C24H30N2O2S+2. The van der Waals surface area contributed by atoms with Gasteiger partial charge in [-0.15, -0.1) is 0 Å². The van der Waals surface area contributed by atoms with Gasteiger partial charge in [-0.25, -0.2) is 0 Å². The summed E-state index contributed by atoms with van der Waals surface area (Å²) in [5.74, 6) is 1.84. The fourth-order valence-electron chi connectivity index (χ4n) is 4.42. The second-order valence-electron chi connectivity index (χ2n) is 7.71. The molecule has 3 aromatic rings. The standard InChI is InChI=1S/C24H28N2O2S/c1-27-22-8-4-19(5-9-22)16-25-13-3-14-26(24(25)21-12-15-29-18-21)17-20-6-10-23(28-2)11-7-20/h4-12,15,18,24H,3,13-14,16-17H2,1-2H3/p+2. The van der Waals surface area contributed by atoms with Crippen molar-refractivity contribution in [2.75, 3.05) is 27.3 Å². The van der Waals surface area contributed by atoms with Crippen LogP contribution in [0.1, 0.15) is 29.3 Å². The van der Waals surface area contributed by atoms with Crippen molar-refractivity contribution in [2.45, 2.75) is 25.7 Å². The van der Waals surface area contributed by atoms with Crippen LogP contribution in [0.3, 0.4) is 0 Å². The summed E-state index contributed by atoms with van der Waals surface area (Å²) in [5, 5.41) is 4.54. The Bertz CT molecular complexity index is 821. The van der Waals surface area contributed by atoms with Gasteiger partial charge in [0.05, 0.1) is 32.9 Å². The van der Waals surface area contributed by atoms with Crippen molar-refractivity contribution in [3.05, 3.63) is 82.0 Å². The molecule has 4 nitrogen and oxygen atoms in total. The maximum absolute atomic E-state index is 5.32. The van der Waals surface area contributed by atoms with Gasteiger partial charge in [0.15, 0.2) is 0 Å². The van der Waals surface area contributed by atoms with Crippen LogP contribution in [0.15, 0.2) is 65.4 Å². The number of methoxy groups -OCH3 is 2. The third-order valence-electron chi connectivity index (χ3n) is 5.87. The average molecular weight is 411 g/mol. The summed E-state index contributed by atoms with van der Waals surface area (Å²) in [5.41, 5.74) is 4.19. The minimum atomic E-state index is 0.458. The highest BCUT2D eigenvalue weighted by Gasteiger charge is 2.37. The zero-order chi connectivity index (χ0) is 20.1. The quantitative estimate of drug-likeness (QED) is 0.626. The summed E-state index contributed by atoms with van der Waals surface area (Å²) in [7, 11) is 3.44. The Hall–Kier alpha value is -2.34. The number of nitrogens with one attached hydrogen (secondary N) is 2. The van der Waals surface area contributed by atoms with E-state index in [1.54, 1.807) is 35.4 Å². The van der Waals surface area contributed by atoms with Crippen LogP contribution < -0.4 is 19.3 Å². The molecule has 0 saturated carbocycles. The molecule has 5 heteroatoms. The topological polar surface area (TPSA) is 27.3 Å². The van der Waals surface area contributed by atoms with Gasteiger partial charge in [0.1, 0.15) is 24.6 Å². The molecule has 0 spiro atoms. The highest BCUT2D eigenvalue weighted by molar-refractivity contribution is 7.07. The van der Waals surface area contributed by atoms with E-state index in [0.29, 0.717) is 6.17 Å². The van der Waals surface area contributed by atoms with Crippen LogP contribution in [0.5, 0.6) is 11.5 Å². The summed E-state index contributed by atoms with van der Waals surface area (Å²) in [4.78, 5) is 3.28. The third kappa shape index (κ3) is 4.81. The Balaban J connectivity index is 1.55. The zero-order valence-corrected chi connectivity index (χ0v) is 18.0. The van der Waals surface area contributed by atoms with Crippen molar-refractivity contribution in [3.63, 3.8) is 0 Å². The van der Waals surface area contributed by atoms with Gasteiger partial charge in [-0.2, -0.15) is 11.3 Å². The van der Waals surface area contributed by atoms with Crippen molar-refractivity contribution >= 4 is 11.3 Å². The predicted octanol–water partition coefficient (Wildman–Crippen LogP) is 2.34. The summed E-state index contributed by atoms with van der Waals surface area (Å²) in [6.45, 7) is 4.49. The van der Waals surface area contributed by atoms with Crippen LogP contribution in [-0.4, -0.2) is 27.3 Å². The first-order chi connectivity index (χ1) is 14.3. The molecule has 0 amide bonds. The predicted molar refractivity (Wildman–Crippen MR) is 117 cm³/mol. The van der Waals surface area contributed by atoms with Gasteiger partial charge in [0, 0.05) is 22.9 Å². The lowest BCUT2D eigenvalue weighted by Crippen LogP contribution is -3.32. The minimum absolute atomic E-state index is 0.458. The average Bonchev–Trinajstić information content (AvgIpc) is 3.29. The Kier molecular flexibility index (Phi) is 6.49. The Morgan fingerprint density at radius 1 is 0.793 bits per heavy atom. The van der Waals surface area contributed by atoms with Crippen molar-refractivity contribution in [1.29, 1.82) is 0 Å². The highest BCUT2D eigenvalue weighted by Crippen LogP contribution is 2.15. The van der Waals surface area contributed by atoms with Crippen LogP contribution in [0.25, 0.3) is 0 Å². The molecule has 152 valence electrons. The van der Waals surface area contributed by atoms with Crippen molar-refractivity contribution < 1.29 is 19.3 Å². The van der Waals surface area contributed by atoms with E-state index >= 15 is 0 Å². The van der Waals surface area contributed by atoms with E-state index in [-0.39, 0.29) is 0 Å². The van der Waals surface area contributed by atoms with E-state index < -0.39 is 0 Å². The number of quaternary nitrogens is 2. The lowest BCUT2D eigenvalue weighted by molar-refractivity contribution is -1.16. The fraction of sp³-hybridized carbons (Fsp3) is 0.333. The minimum Gasteiger partial charge on any atom is -0.497 e. The number of ether oxygens (including phenoxy) is 2. The van der Waals surface area contributed by atoms with Gasteiger partial charge >= 0.3 is 0 Å². The fourth-order valence-corrected chi connectivity index (χ4v) is 5.11. The number of hydrogen-bond acceptors (Lipinski definition) is 3. The van der Waals surface area contributed by atoms with Crippen molar-refractivity contribution in [1.82, 2.24) is 0 Å². The van der Waals surface area contributed by atoms with Crippen LogP contribution in [0.2, 0.25) is 0 Å². The van der Waals surface area contributed by atoms with Gasteiger partial charge in [0.2, 0.25) is 6.17 Å². The lowest BCUT2D eigenvalue weighted by atomic mass is 10.1. The Morgan fingerprint density at radius 2 is 1.31 bits per heavy atom. The molecular weight excluding hydrogens is 380 g/mol. The van der Waals surface area contributed by atoms with E-state index in [2.05, 4.69) is 65.4 Å². The summed E-state index contributed by atoms with van der Waals surface area (Å²) in [6.07, 6.45) is 1.71. The molecule has 0 radical (unpaired) electrons. The second-order valence-corrected chi connectivity index (χ2v) is 8.49. The molecule has 1 saturated heterocycles. The lowest BCUT2D eigenvalue weighted by Gasteiger charge is -2.38. The zero-order valence-electron chi connectivity index (χ0n) is 17.2. The molecule has 2 unspecified atom stereocenters. The summed E-state index contributed by atoms with van der Waals surface area (Å²) in [6, 6.07) is 19.4. The first-order valence-electron chi connectivity index (χ1n) is 10.2. The molecule has 2 atom stereocenters. The summed E-state index contributed by atoms with van der Waals surface area (Å²) < 4.78 is 10.6. The Morgan fingerprint density at radius 3 is 1.72 bits per heavy atom. The van der Waals surface area contributed by atoms with Crippen molar-refractivity contribution in [2.24, 2.45) is 0 Å². The molecule has 0 aliphatic carbocycles. The van der Waals surface area contributed by atoms with Gasteiger partial charge in [-0.1, -0.05) is 0 Å². The van der Waals surface area contributed by atoms with Gasteiger partial charge < -0.3 is 9.47 Å². The van der Waals surface area contributed by atoms with E-state index in [9.17, 15) is 0 Å². The highest BCUT2D eigenvalue weighted by atomic mass is 32.1. The SMILES string of the molecule is COc1ccc(C[NH+]2CCC[NH+](Cc3ccc(OC)cc3)C2c2ccsc2)cc1. The molecule has 0 bridgehead atoms. The molecule has 29 heavy (non-hydrogen) atoms. The first kappa shape index (κ1) is 20.0. The van der Waals surface area contributed by atoms with Crippen LogP contribution >= 0.6 is 11.3 Å². The first-order valence-corrected chi connectivity index (χ1v) is 11.2. The van der Waals surface area contributed by atoms with Crippen LogP contribution in [0.4, 0.5) is 0 Å². The van der Waals surface area contributed by atoms with Gasteiger partial charge in [-0.05, 0) is 60.0 Å². The third-order valence-corrected chi connectivity index (χ3v) is 6.57. The molecule has 4 rings (SSSR count). The van der Waals surface area contributed by atoms with E-state index in [4.69, 9.17) is 9.47 Å². The van der Waals surface area contributed by atoms with E-state index in [1.807, 2.05) is 0 Å². The number of benzene rings is 2. The van der Waals surface area contributed by atoms with Crippen LogP contribution in [-0.2, 0) is 13.1 Å². The van der Waals surface area contributed by atoms with E-state index in [0.717, 1.165) is 24.6 Å². The molecule has 1 aromatic heterocycles. The van der Waals surface area contributed by atoms with Gasteiger partial charge in [-0.3, -0.25) is 9.80 Å². The van der Waals surface area contributed by atoms with Gasteiger partial charge in [0.25, 0.3) is 0 Å². The van der Waals surface area contributed by atoms with E-state index in [1.165, 1.54) is 36.2 Å². The molecule has 2 aromatic carbocycles. The maximum atomic E-state index is 5.32. The molecule has 2 N–H and O–H groups in total. The number of hydrogen-bond donors (Lipinski definition) is 2. The van der Waals surface area contributed by atoms with Crippen molar-refractivity contribution in [3.8, 4) is 11.5 Å². The molecule has 1 aliphatic heterocycles. The van der Waals surface area contributed by atoms with Crippen LogP contribution in [0, 0.1) is 0 Å². The number of rotatable bonds is 7. The molecule has 2 heterocycles. The number of thiophene rings is 1. The maximum Gasteiger partial charge on any atom is 0.241 e. The summed E-state index contributed by atoms with van der Waals surface area (Å²) >= 11 is 1.80. The monoisotopic (exact) mass is 410 g/mol. The second kappa shape index (κ2) is 9.44. The molecule has 1 aliphatic rings. The smallest absolute Gasteiger partial charge is 0.241 e. The Labute approximate surface area is 177 Å².